The third-order valence-electron chi connectivity index (χ3n) is 1.93. The van der Waals surface area contributed by atoms with Crippen molar-refractivity contribution in [3.8, 4) is 0 Å². The molecule has 0 aliphatic heterocycles. The van der Waals surface area contributed by atoms with Crippen molar-refractivity contribution in [1.29, 1.82) is 0 Å². The molecule has 104 valence electrons. The summed E-state index contributed by atoms with van der Waals surface area (Å²) in [6.45, 7) is 10.0. The number of nitrogens with two attached hydrogens (primary N) is 1. The van der Waals surface area contributed by atoms with Crippen molar-refractivity contribution in [2.24, 2.45) is 5.73 Å². The number of hydrogen-bond acceptors (Lipinski definition) is 6. The molecule has 0 saturated heterocycles. The molecule has 6 heteroatoms. The summed E-state index contributed by atoms with van der Waals surface area (Å²) in [6.07, 6.45) is 1.09. The van der Waals surface area contributed by atoms with Gasteiger partial charge in [-0.3, -0.25) is 4.89 Å². The predicted molar refractivity (Wildman–Crippen MR) is 65.3 cm³/mol. The Balaban J connectivity index is 4.73. The maximum atomic E-state index is 12.0. The van der Waals surface area contributed by atoms with Crippen molar-refractivity contribution in [2.45, 2.75) is 45.3 Å². The number of esters is 1. The first-order valence-corrected chi connectivity index (χ1v) is 5.60. The predicted octanol–water partition coefficient (Wildman–Crippen LogP) is 1.10. The maximum absolute atomic E-state index is 12.0. The van der Waals surface area contributed by atoms with Gasteiger partial charge in [0.2, 0.25) is 5.60 Å². The molecule has 0 fully saturated rings. The van der Waals surface area contributed by atoms with Crippen LogP contribution in [0.2, 0.25) is 0 Å². The summed E-state index contributed by atoms with van der Waals surface area (Å²) in [6, 6.07) is 0. The molecule has 0 aromatic carbocycles. The lowest BCUT2D eigenvalue weighted by Gasteiger charge is -2.29. The second-order valence-electron chi connectivity index (χ2n) is 4.96. The van der Waals surface area contributed by atoms with Gasteiger partial charge in [0.05, 0.1) is 0 Å². The molecule has 0 radical (unpaired) electrons. The van der Waals surface area contributed by atoms with Crippen molar-refractivity contribution in [1.82, 2.24) is 0 Å². The Morgan fingerprint density at radius 1 is 1.28 bits per heavy atom. The maximum Gasteiger partial charge on any atom is 0.365 e. The molecule has 1 unspecified atom stereocenters. The first-order valence-electron chi connectivity index (χ1n) is 5.60. The Morgan fingerprint density at radius 2 is 1.83 bits per heavy atom. The van der Waals surface area contributed by atoms with Gasteiger partial charge < -0.3 is 10.5 Å². The van der Waals surface area contributed by atoms with Crippen molar-refractivity contribution in [3.63, 3.8) is 0 Å². The number of carbonyl (C=O) groups excluding carboxylic acids is 2. The van der Waals surface area contributed by atoms with Crippen molar-refractivity contribution < 1.29 is 24.1 Å². The number of rotatable bonds is 6. The highest BCUT2D eigenvalue weighted by Gasteiger charge is 2.40. The van der Waals surface area contributed by atoms with Crippen molar-refractivity contribution in [3.05, 3.63) is 12.7 Å². The Hall–Kier alpha value is -1.40. The summed E-state index contributed by atoms with van der Waals surface area (Å²) in [7, 11) is 0. The Bertz CT molecular complexity index is 321. The largest absolute Gasteiger partial charge is 0.458 e. The first kappa shape index (κ1) is 16.6. The van der Waals surface area contributed by atoms with E-state index in [0.29, 0.717) is 0 Å². The summed E-state index contributed by atoms with van der Waals surface area (Å²) in [5, 5.41) is 0. The van der Waals surface area contributed by atoms with E-state index in [9.17, 15) is 9.59 Å². The average molecular weight is 259 g/mol. The summed E-state index contributed by atoms with van der Waals surface area (Å²) < 4.78 is 5.18. The molecular formula is C12H21NO5. The molecule has 0 aliphatic rings. The van der Waals surface area contributed by atoms with E-state index >= 15 is 0 Å². The molecule has 18 heavy (non-hydrogen) atoms. The van der Waals surface area contributed by atoms with E-state index in [1.807, 2.05) is 0 Å². The second kappa shape index (κ2) is 6.51. The van der Waals surface area contributed by atoms with Crippen LogP contribution in [0.25, 0.3) is 0 Å². The van der Waals surface area contributed by atoms with E-state index in [-0.39, 0.29) is 13.0 Å². The van der Waals surface area contributed by atoms with Crippen LogP contribution < -0.4 is 5.73 Å². The first-order chi connectivity index (χ1) is 8.14. The Kier molecular flexibility index (Phi) is 6.00. The molecular weight excluding hydrogens is 238 g/mol. The van der Waals surface area contributed by atoms with E-state index in [4.69, 9.17) is 15.4 Å². The van der Waals surface area contributed by atoms with E-state index in [2.05, 4.69) is 11.5 Å². The molecule has 0 amide bonds. The zero-order chi connectivity index (χ0) is 14.4. The zero-order valence-corrected chi connectivity index (χ0v) is 11.3. The van der Waals surface area contributed by atoms with Gasteiger partial charge in [0.25, 0.3) is 0 Å². The van der Waals surface area contributed by atoms with Crippen LogP contribution in [-0.2, 0) is 24.1 Å². The standard InChI is InChI=1S/C12H21NO5/c1-6-9(14)17-18-12(5,7-8-13)10(15)16-11(2,3)4/h6H,1,7-8,13H2,2-5H3. The highest BCUT2D eigenvalue weighted by molar-refractivity contribution is 5.82. The lowest BCUT2D eigenvalue weighted by Crippen LogP contribution is -2.45. The molecule has 2 N–H and O–H groups in total. The lowest BCUT2D eigenvalue weighted by atomic mass is 10.0. The summed E-state index contributed by atoms with van der Waals surface area (Å²) in [5.74, 6) is -1.43. The van der Waals surface area contributed by atoms with E-state index in [1.54, 1.807) is 20.8 Å². The van der Waals surface area contributed by atoms with Gasteiger partial charge in [-0.25, -0.2) is 9.59 Å². The molecule has 0 rings (SSSR count). The molecule has 1 atom stereocenters. The molecule has 6 nitrogen and oxygen atoms in total. The zero-order valence-electron chi connectivity index (χ0n) is 11.3. The normalized spacial score (nSPS) is 14.5. The summed E-state index contributed by atoms with van der Waals surface area (Å²) >= 11 is 0. The van der Waals surface area contributed by atoms with Gasteiger partial charge in [0.15, 0.2) is 0 Å². The fourth-order valence-corrected chi connectivity index (χ4v) is 1.01. The molecule has 0 aromatic rings. The topological polar surface area (TPSA) is 87.9 Å². The average Bonchev–Trinajstić information content (AvgIpc) is 2.24. The fourth-order valence-electron chi connectivity index (χ4n) is 1.01. The summed E-state index contributed by atoms with van der Waals surface area (Å²) in [4.78, 5) is 32.2. The molecule has 0 heterocycles. The third-order valence-corrected chi connectivity index (χ3v) is 1.93. The van der Waals surface area contributed by atoms with Crippen LogP contribution in [-0.4, -0.2) is 29.7 Å². The van der Waals surface area contributed by atoms with Crippen LogP contribution in [0.15, 0.2) is 12.7 Å². The van der Waals surface area contributed by atoms with E-state index in [0.717, 1.165) is 6.08 Å². The third kappa shape index (κ3) is 5.79. The number of carbonyl (C=O) groups is 2. The van der Waals surface area contributed by atoms with Crippen LogP contribution in [0.1, 0.15) is 34.1 Å². The van der Waals surface area contributed by atoms with Gasteiger partial charge in [-0.1, -0.05) is 6.58 Å². The minimum atomic E-state index is -1.43. The van der Waals surface area contributed by atoms with Gasteiger partial charge in [0, 0.05) is 12.5 Å². The van der Waals surface area contributed by atoms with Gasteiger partial charge in [0.1, 0.15) is 5.60 Å². The molecule has 0 bridgehead atoms. The monoisotopic (exact) mass is 259 g/mol. The highest BCUT2D eigenvalue weighted by atomic mass is 17.2. The highest BCUT2D eigenvalue weighted by Crippen LogP contribution is 2.21. The van der Waals surface area contributed by atoms with Crippen molar-refractivity contribution in [2.75, 3.05) is 6.54 Å². The number of ether oxygens (including phenoxy) is 1. The molecule has 0 aromatic heterocycles. The van der Waals surface area contributed by atoms with E-state index < -0.39 is 23.1 Å². The quantitative estimate of drug-likeness (QED) is 0.332. The molecule has 0 saturated carbocycles. The van der Waals surface area contributed by atoms with Gasteiger partial charge in [-0.15, -0.1) is 0 Å². The fraction of sp³-hybridized carbons (Fsp3) is 0.667. The SMILES string of the molecule is C=CC(=O)OOC(C)(CCN)C(=O)OC(C)(C)C. The van der Waals surface area contributed by atoms with Gasteiger partial charge in [-0.2, -0.15) is 4.89 Å². The minimum absolute atomic E-state index is 0.159. The van der Waals surface area contributed by atoms with Gasteiger partial charge in [-0.05, 0) is 34.2 Å². The minimum Gasteiger partial charge on any atom is -0.458 e. The van der Waals surface area contributed by atoms with Crippen LogP contribution >= 0.6 is 0 Å². The molecule has 0 spiro atoms. The lowest BCUT2D eigenvalue weighted by molar-refractivity contribution is -0.323. The summed E-state index contributed by atoms with van der Waals surface area (Å²) in [5.41, 5.74) is 3.31. The smallest absolute Gasteiger partial charge is 0.365 e. The Morgan fingerprint density at radius 3 is 2.22 bits per heavy atom. The Labute approximate surface area is 107 Å². The van der Waals surface area contributed by atoms with Crippen LogP contribution in [0.3, 0.4) is 0 Å². The van der Waals surface area contributed by atoms with E-state index in [1.165, 1.54) is 6.92 Å². The van der Waals surface area contributed by atoms with Crippen LogP contribution in [0, 0.1) is 0 Å². The van der Waals surface area contributed by atoms with Crippen LogP contribution in [0.4, 0.5) is 0 Å². The number of hydrogen-bond donors (Lipinski definition) is 1. The molecule has 0 aliphatic carbocycles. The van der Waals surface area contributed by atoms with Crippen LogP contribution in [0.5, 0.6) is 0 Å². The van der Waals surface area contributed by atoms with Crippen molar-refractivity contribution >= 4 is 11.9 Å². The second-order valence-corrected chi connectivity index (χ2v) is 4.96. The van der Waals surface area contributed by atoms with Gasteiger partial charge >= 0.3 is 11.9 Å².